The number of benzene rings is 1. The Morgan fingerprint density at radius 3 is 2.21 bits per heavy atom. The number of carbonyl (C=O) groups excluding carboxylic acids is 1. The molecule has 0 saturated heterocycles. The molecule has 1 aliphatic rings. The van der Waals surface area contributed by atoms with Gasteiger partial charge in [-0.15, -0.1) is 0 Å². The average Bonchev–Trinajstić information content (AvgIpc) is 3.07. The summed E-state index contributed by atoms with van der Waals surface area (Å²) >= 11 is 0. The van der Waals surface area contributed by atoms with E-state index in [0.717, 1.165) is 5.56 Å². The molecule has 0 aliphatic heterocycles. The molecule has 1 heterocycles. The normalized spacial score (nSPS) is 16.0. The number of carboxylic acids is 1. The quantitative estimate of drug-likeness (QED) is 0.824. The first kappa shape index (κ1) is 11.7. The molecule has 2 aromatic rings. The third-order valence-corrected chi connectivity index (χ3v) is 3.72. The Hall–Kier alpha value is -2.36. The maximum absolute atomic E-state index is 12.1. The van der Waals surface area contributed by atoms with Gasteiger partial charge in [0, 0.05) is 23.5 Å². The number of aliphatic carboxylic acids is 1. The Labute approximate surface area is 110 Å². The van der Waals surface area contributed by atoms with E-state index in [2.05, 4.69) is 4.98 Å². The Morgan fingerprint density at radius 2 is 1.74 bits per heavy atom. The van der Waals surface area contributed by atoms with Crippen LogP contribution >= 0.6 is 0 Å². The summed E-state index contributed by atoms with van der Waals surface area (Å²) in [5.74, 6) is -0.842. The van der Waals surface area contributed by atoms with Crippen LogP contribution in [0, 0.1) is 0 Å². The fourth-order valence-corrected chi connectivity index (χ4v) is 2.32. The molecule has 1 saturated carbocycles. The number of nitrogens with one attached hydrogen (secondary N) is 1. The molecule has 4 heteroatoms. The summed E-state index contributed by atoms with van der Waals surface area (Å²) in [5.41, 5.74) is 1.25. The molecule has 1 aromatic heterocycles. The third-order valence-electron chi connectivity index (χ3n) is 3.72. The molecule has 4 nitrogen and oxygen atoms in total. The number of carboxylic acid groups (broad SMARTS) is 1. The molecule has 0 bridgehead atoms. The second-order valence-electron chi connectivity index (χ2n) is 4.89. The van der Waals surface area contributed by atoms with Crippen molar-refractivity contribution in [2.45, 2.75) is 18.3 Å². The van der Waals surface area contributed by atoms with Crippen LogP contribution in [0.1, 0.15) is 34.3 Å². The van der Waals surface area contributed by atoms with Gasteiger partial charge in [0.15, 0.2) is 5.78 Å². The SMILES string of the molecule is O=C(c1ccc(C2(C(=O)O)CC2)cc1)c1cc[nH]c1. The van der Waals surface area contributed by atoms with E-state index in [1.54, 1.807) is 42.7 Å². The molecule has 3 rings (SSSR count). The van der Waals surface area contributed by atoms with Gasteiger partial charge in [0.25, 0.3) is 0 Å². The zero-order chi connectivity index (χ0) is 13.5. The molecular weight excluding hydrogens is 242 g/mol. The molecule has 2 N–H and O–H groups in total. The van der Waals surface area contributed by atoms with E-state index in [4.69, 9.17) is 0 Å². The van der Waals surface area contributed by atoms with Gasteiger partial charge in [-0.25, -0.2) is 0 Å². The first-order chi connectivity index (χ1) is 9.13. The highest BCUT2D eigenvalue weighted by Gasteiger charge is 2.51. The van der Waals surface area contributed by atoms with E-state index in [0.29, 0.717) is 24.0 Å². The van der Waals surface area contributed by atoms with Crippen LogP contribution in [-0.2, 0) is 10.2 Å². The van der Waals surface area contributed by atoms with Gasteiger partial charge in [0.05, 0.1) is 5.41 Å². The molecule has 1 aliphatic carbocycles. The lowest BCUT2D eigenvalue weighted by molar-refractivity contribution is -0.140. The number of aromatic amines is 1. The highest BCUT2D eigenvalue weighted by Crippen LogP contribution is 2.48. The van der Waals surface area contributed by atoms with Crippen molar-refractivity contribution in [3.05, 3.63) is 59.4 Å². The zero-order valence-electron chi connectivity index (χ0n) is 10.2. The van der Waals surface area contributed by atoms with E-state index >= 15 is 0 Å². The molecule has 0 atom stereocenters. The van der Waals surface area contributed by atoms with Crippen LogP contribution in [0.15, 0.2) is 42.7 Å². The third kappa shape index (κ3) is 1.85. The number of rotatable bonds is 4. The summed E-state index contributed by atoms with van der Waals surface area (Å²) in [4.78, 5) is 26.1. The highest BCUT2D eigenvalue weighted by molar-refractivity contribution is 6.08. The lowest BCUT2D eigenvalue weighted by atomic mass is 9.94. The topological polar surface area (TPSA) is 70.2 Å². The van der Waals surface area contributed by atoms with E-state index in [1.165, 1.54) is 0 Å². The number of hydrogen-bond acceptors (Lipinski definition) is 2. The Balaban J connectivity index is 1.88. The maximum Gasteiger partial charge on any atom is 0.314 e. The van der Waals surface area contributed by atoms with Crippen molar-refractivity contribution in [2.75, 3.05) is 0 Å². The summed E-state index contributed by atoms with van der Waals surface area (Å²) in [6.07, 6.45) is 4.70. The van der Waals surface area contributed by atoms with Crippen molar-refractivity contribution in [1.29, 1.82) is 0 Å². The highest BCUT2D eigenvalue weighted by atomic mass is 16.4. The first-order valence-corrected chi connectivity index (χ1v) is 6.15. The van der Waals surface area contributed by atoms with Gasteiger partial charge >= 0.3 is 5.97 Å². The Morgan fingerprint density at radius 1 is 1.05 bits per heavy atom. The molecule has 0 spiro atoms. The van der Waals surface area contributed by atoms with E-state index in [-0.39, 0.29) is 5.78 Å². The van der Waals surface area contributed by atoms with Crippen molar-refractivity contribution in [2.24, 2.45) is 0 Å². The van der Waals surface area contributed by atoms with E-state index in [1.807, 2.05) is 0 Å². The smallest absolute Gasteiger partial charge is 0.314 e. The maximum atomic E-state index is 12.1. The van der Waals surface area contributed by atoms with Crippen molar-refractivity contribution in [3.63, 3.8) is 0 Å². The molecule has 96 valence electrons. The largest absolute Gasteiger partial charge is 0.481 e. The molecule has 1 fully saturated rings. The summed E-state index contributed by atoms with van der Waals surface area (Å²) in [5, 5.41) is 9.21. The van der Waals surface area contributed by atoms with Crippen LogP contribution in [-0.4, -0.2) is 21.8 Å². The van der Waals surface area contributed by atoms with Crippen molar-refractivity contribution < 1.29 is 14.7 Å². The van der Waals surface area contributed by atoms with Crippen molar-refractivity contribution >= 4 is 11.8 Å². The lowest BCUT2D eigenvalue weighted by Gasteiger charge is -2.10. The Kier molecular flexibility index (Phi) is 2.52. The Bertz CT molecular complexity index is 622. The van der Waals surface area contributed by atoms with Gasteiger partial charge in [-0.2, -0.15) is 0 Å². The lowest BCUT2D eigenvalue weighted by Crippen LogP contribution is -2.19. The van der Waals surface area contributed by atoms with Gasteiger partial charge in [0.2, 0.25) is 0 Å². The molecule has 19 heavy (non-hydrogen) atoms. The van der Waals surface area contributed by atoms with Crippen molar-refractivity contribution in [1.82, 2.24) is 4.98 Å². The molecule has 0 radical (unpaired) electrons. The van der Waals surface area contributed by atoms with Crippen LogP contribution in [0.3, 0.4) is 0 Å². The second kappa shape index (κ2) is 4.09. The average molecular weight is 255 g/mol. The summed E-state index contributed by atoms with van der Waals surface area (Å²) in [7, 11) is 0. The van der Waals surface area contributed by atoms with Gasteiger partial charge in [-0.05, 0) is 24.5 Å². The number of H-pyrrole nitrogens is 1. The van der Waals surface area contributed by atoms with Crippen LogP contribution < -0.4 is 0 Å². The predicted molar refractivity (Wildman–Crippen MR) is 69.2 cm³/mol. The van der Waals surface area contributed by atoms with E-state index < -0.39 is 11.4 Å². The van der Waals surface area contributed by atoms with Gasteiger partial charge in [-0.3, -0.25) is 9.59 Å². The number of carbonyl (C=O) groups is 2. The first-order valence-electron chi connectivity index (χ1n) is 6.15. The summed E-state index contributed by atoms with van der Waals surface area (Å²) in [6, 6.07) is 8.62. The minimum Gasteiger partial charge on any atom is -0.481 e. The zero-order valence-corrected chi connectivity index (χ0v) is 10.2. The fourth-order valence-electron chi connectivity index (χ4n) is 2.32. The molecule has 0 unspecified atom stereocenters. The van der Waals surface area contributed by atoms with E-state index in [9.17, 15) is 14.7 Å². The second-order valence-corrected chi connectivity index (χ2v) is 4.89. The van der Waals surface area contributed by atoms with Gasteiger partial charge < -0.3 is 10.1 Å². The predicted octanol–water partition coefficient (Wildman–Crippen LogP) is 2.36. The van der Waals surface area contributed by atoms with Crippen LogP contribution in [0.2, 0.25) is 0 Å². The van der Waals surface area contributed by atoms with Gasteiger partial charge in [-0.1, -0.05) is 24.3 Å². The number of aromatic nitrogens is 1. The van der Waals surface area contributed by atoms with Crippen molar-refractivity contribution in [3.8, 4) is 0 Å². The summed E-state index contributed by atoms with van der Waals surface area (Å²) < 4.78 is 0. The monoisotopic (exact) mass is 255 g/mol. The minimum atomic E-state index is -0.780. The molecular formula is C15H13NO3. The van der Waals surface area contributed by atoms with Crippen LogP contribution in [0.25, 0.3) is 0 Å². The minimum absolute atomic E-state index is 0.0621. The summed E-state index contributed by atoms with van der Waals surface area (Å²) in [6.45, 7) is 0. The van der Waals surface area contributed by atoms with Crippen LogP contribution in [0.4, 0.5) is 0 Å². The standard InChI is InChI=1S/C15H13NO3/c17-13(11-5-8-16-9-11)10-1-3-12(4-2-10)15(6-7-15)14(18)19/h1-5,8-9,16H,6-7H2,(H,18,19). The van der Waals surface area contributed by atoms with Crippen LogP contribution in [0.5, 0.6) is 0 Å². The number of ketones is 1. The molecule has 0 amide bonds. The van der Waals surface area contributed by atoms with Gasteiger partial charge in [0.1, 0.15) is 0 Å². The number of hydrogen-bond donors (Lipinski definition) is 2. The fraction of sp³-hybridized carbons (Fsp3) is 0.200. The molecule has 1 aromatic carbocycles.